The quantitative estimate of drug-likeness (QED) is 0.295. The van der Waals surface area contributed by atoms with E-state index >= 15 is 0 Å². The molecule has 5 saturated heterocycles. The van der Waals surface area contributed by atoms with Gasteiger partial charge < -0.3 is 24.9 Å². The third-order valence-corrected chi connectivity index (χ3v) is 12.8. The van der Waals surface area contributed by atoms with Crippen LogP contribution in [0.5, 0.6) is 0 Å². The monoisotopic (exact) mass is 748 g/mol. The maximum atomic E-state index is 13.6. The van der Waals surface area contributed by atoms with Gasteiger partial charge >= 0.3 is 0 Å². The number of piperazine rings is 1. The Morgan fingerprint density at radius 2 is 1.65 bits per heavy atom. The van der Waals surface area contributed by atoms with Gasteiger partial charge in [0.25, 0.3) is 5.91 Å². The number of carbonyl (C=O) groups is 3. The molecular weight excluding hydrogens is 700 g/mol. The van der Waals surface area contributed by atoms with E-state index in [1.807, 2.05) is 47.4 Å². The zero-order valence-electron chi connectivity index (χ0n) is 31.0. The van der Waals surface area contributed by atoms with Gasteiger partial charge in [0.1, 0.15) is 12.1 Å². The van der Waals surface area contributed by atoms with Crippen molar-refractivity contribution >= 4 is 52.1 Å². The summed E-state index contributed by atoms with van der Waals surface area (Å²) in [6, 6.07) is 24.6. The maximum absolute atomic E-state index is 13.6. The fourth-order valence-corrected chi connectivity index (χ4v) is 9.45. The lowest BCUT2D eigenvalue weighted by Crippen LogP contribution is -2.58. The molecule has 0 aromatic heterocycles. The van der Waals surface area contributed by atoms with Crippen LogP contribution in [0.2, 0.25) is 5.02 Å². The molecule has 3 aromatic carbocycles. The Morgan fingerprint density at radius 3 is 2.33 bits per heavy atom. The van der Waals surface area contributed by atoms with Crippen molar-refractivity contribution in [1.29, 1.82) is 5.26 Å². The first-order valence-corrected chi connectivity index (χ1v) is 19.8. The first-order valence-electron chi connectivity index (χ1n) is 19.5. The molecular formula is C42H49ClN8O3. The van der Waals surface area contributed by atoms with Gasteiger partial charge in [-0.25, -0.2) is 0 Å². The SMILES string of the molecule is C[C@@H]1CC2(CCN(c3ccc(C(=O)N4CCC4CN4CCN(c5cccc(NC6CCC(=O)NC6=O)c5)CC4)cc3)CC2)CN1c1ccc(C#N)c(Cl)c1. The van der Waals surface area contributed by atoms with E-state index in [0.29, 0.717) is 29.5 Å². The number of amides is 3. The van der Waals surface area contributed by atoms with Crippen LogP contribution >= 0.6 is 11.6 Å². The predicted octanol–water partition coefficient (Wildman–Crippen LogP) is 5.35. The molecule has 1 spiro atoms. The highest BCUT2D eigenvalue weighted by molar-refractivity contribution is 6.32. The van der Waals surface area contributed by atoms with Crippen LogP contribution in [0.15, 0.2) is 66.7 Å². The molecule has 54 heavy (non-hydrogen) atoms. The summed E-state index contributed by atoms with van der Waals surface area (Å²) in [4.78, 5) is 49.2. The van der Waals surface area contributed by atoms with Crippen LogP contribution in [0, 0.1) is 16.7 Å². The van der Waals surface area contributed by atoms with Crippen LogP contribution in [0.25, 0.3) is 0 Å². The number of hydrogen-bond donors (Lipinski definition) is 2. The van der Waals surface area contributed by atoms with Crippen molar-refractivity contribution < 1.29 is 14.4 Å². The van der Waals surface area contributed by atoms with E-state index < -0.39 is 6.04 Å². The lowest BCUT2D eigenvalue weighted by molar-refractivity contribution is -0.133. The van der Waals surface area contributed by atoms with E-state index in [1.54, 1.807) is 0 Å². The van der Waals surface area contributed by atoms with Gasteiger partial charge in [-0.2, -0.15) is 5.26 Å². The molecule has 282 valence electrons. The topological polar surface area (TPSA) is 115 Å². The molecule has 12 heteroatoms. The Labute approximate surface area is 322 Å². The highest BCUT2D eigenvalue weighted by Gasteiger charge is 2.44. The van der Waals surface area contributed by atoms with E-state index in [-0.39, 0.29) is 29.2 Å². The number of imide groups is 1. The molecule has 5 fully saturated rings. The number of rotatable bonds is 8. The average molecular weight is 749 g/mol. The smallest absolute Gasteiger partial charge is 0.254 e. The van der Waals surface area contributed by atoms with E-state index in [2.05, 4.69) is 67.5 Å². The van der Waals surface area contributed by atoms with E-state index in [9.17, 15) is 19.6 Å². The summed E-state index contributed by atoms with van der Waals surface area (Å²) in [5, 5.41) is 15.5. The van der Waals surface area contributed by atoms with Gasteiger partial charge in [-0.3, -0.25) is 24.6 Å². The van der Waals surface area contributed by atoms with Crippen molar-refractivity contribution in [3.8, 4) is 6.07 Å². The molecule has 5 heterocycles. The summed E-state index contributed by atoms with van der Waals surface area (Å²) in [6.45, 7) is 10.6. The highest BCUT2D eigenvalue weighted by atomic mass is 35.5. The summed E-state index contributed by atoms with van der Waals surface area (Å²) in [5.74, 6) is -0.355. The largest absolute Gasteiger partial charge is 0.374 e. The first-order chi connectivity index (χ1) is 26.2. The number of nitriles is 1. The number of piperidine rings is 2. The minimum absolute atomic E-state index is 0.123. The van der Waals surface area contributed by atoms with Gasteiger partial charge in [0.15, 0.2) is 0 Å². The Bertz CT molecular complexity index is 1930. The lowest BCUT2D eigenvalue weighted by Gasteiger charge is -2.45. The van der Waals surface area contributed by atoms with Crippen molar-refractivity contribution in [2.75, 3.05) is 78.9 Å². The van der Waals surface area contributed by atoms with Crippen molar-refractivity contribution in [1.82, 2.24) is 15.1 Å². The Morgan fingerprint density at radius 1 is 0.907 bits per heavy atom. The lowest BCUT2D eigenvalue weighted by atomic mass is 9.76. The molecule has 3 aromatic rings. The summed E-state index contributed by atoms with van der Waals surface area (Å²) in [5.41, 5.74) is 5.82. The second kappa shape index (κ2) is 15.2. The predicted molar refractivity (Wildman–Crippen MR) is 212 cm³/mol. The second-order valence-corrected chi connectivity index (χ2v) is 16.3. The minimum atomic E-state index is -0.402. The number of likely N-dealkylation sites (tertiary alicyclic amines) is 1. The summed E-state index contributed by atoms with van der Waals surface area (Å²) < 4.78 is 0. The number of anilines is 4. The van der Waals surface area contributed by atoms with Crippen LogP contribution in [-0.2, 0) is 9.59 Å². The Hall–Kier alpha value is -4.79. The number of carbonyl (C=O) groups excluding carboxylic acids is 3. The minimum Gasteiger partial charge on any atom is -0.374 e. The third kappa shape index (κ3) is 7.46. The van der Waals surface area contributed by atoms with Crippen molar-refractivity contribution in [3.05, 3.63) is 82.9 Å². The van der Waals surface area contributed by atoms with E-state index in [4.69, 9.17) is 11.6 Å². The summed E-state index contributed by atoms with van der Waals surface area (Å²) in [7, 11) is 0. The zero-order chi connectivity index (χ0) is 37.4. The average Bonchev–Trinajstić information content (AvgIpc) is 3.50. The molecule has 8 rings (SSSR count). The molecule has 0 bridgehead atoms. The molecule has 5 aliphatic heterocycles. The first kappa shape index (κ1) is 36.2. The van der Waals surface area contributed by atoms with Crippen LogP contribution in [-0.4, -0.2) is 105 Å². The molecule has 3 atom stereocenters. The summed E-state index contributed by atoms with van der Waals surface area (Å²) in [6.07, 6.45) is 5.27. The fourth-order valence-electron chi connectivity index (χ4n) is 9.23. The van der Waals surface area contributed by atoms with Crippen molar-refractivity contribution in [3.63, 3.8) is 0 Å². The van der Waals surface area contributed by atoms with Crippen LogP contribution in [0.1, 0.15) is 61.4 Å². The molecule has 0 radical (unpaired) electrons. The number of halogens is 1. The van der Waals surface area contributed by atoms with Crippen LogP contribution in [0.4, 0.5) is 22.7 Å². The van der Waals surface area contributed by atoms with Crippen LogP contribution < -0.4 is 25.3 Å². The van der Waals surface area contributed by atoms with Gasteiger partial charge in [-0.1, -0.05) is 17.7 Å². The molecule has 11 nitrogen and oxygen atoms in total. The summed E-state index contributed by atoms with van der Waals surface area (Å²) >= 11 is 6.38. The second-order valence-electron chi connectivity index (χ2n) is 15.9. The van der Waals surface area contributed by atoms with Gasteiger partial charge in [-0.15, -0.1) is 0 Å². The molecule has 0 saturated carbocycles. The van der Waals surface area contributed by atoms with Crippen molar-refractivity contribution in [2.45, 2.75) is 63.6 Å². The van der Waals surface area contributed by atoms with Gasteiger partial charge in [0.05, 0.1) is 10.6 Å². The van der Waals surface area contributed by atoms with Gasteiger partial charge in [0, 0.05) is 106 Å². The molecule has 5 aliphatic rings. The van der Waals surface area contributed by atoms with Gasteiger partial charge in [-0.05, 0) is 105 Å². The standard InChI is InChI=1S/C42H49ClN8O3/c1-29-25-42(28-51(29)35-10-7-31(26-44)37(43)24-35)14-17-48(18-15-42)33-8-5-30(6-9-33)41(54)50-16-13-36(50)27-47-19-21-49(22-20-47)34-4-2-3-32(23-34)45-38-11-12-39(52)46-40(38)53/h2-10,23-24,29,36,38,45H,11-22,25,27-28H2,1H3,(H,46,52,53)/t29-,36?,38?/m1/s1. The van der Waals surface area contributed by atoms with E-state index in [1.165, 1.54) is 5.69 Å². The molecule has 2 unspecified atom stereocenters. The van der Waals surface area contributed by atoms with Crippen molar-refractivity contribution in [2.24, 2.45) is 5.41 Å². The Balaban J connectivity index is 0.798. The molecule has 0 aliphatic carbocycles. The van der Waals surface area contributed by atoms with Crippen LogP contribution in [0.3, 0.4) is 0 Å². The Kier molecular flexibility index (Phi) is 10.2. The molecule has 3 amide bonds. The number of nitrogens with one attached hydrogen (secondary N) is 2. The number of benzene rings is 3. The normalized spacial score (nSPS) is 24.3. The maximum Gasteiger partial charge on any atom is 0.254 e. The molecule has 2 N–H and O–H groups in total. The van der Waals surface area contributed by atoms with E-state index in [0.717, 1.165) is 107 Å². The zero-order valence-corrected chi connectivity index (χ0v) is 31.7. The number of hydrogen-bond acceptors (Lipinski definition) is 9. The number of nitrogens with zero attached hydrogens (tertiary/aromatic N) is 6. The fraction of sp³-hybridized carbons (Fsp3) is 0.476. The van der Waals surface area contributed by atoms with Gasteiger partial charge in [0.2, 0.25) is 11.8 Å². The third-order valence-electron chi connectivity index (χ3n) is 12.5. The highest BCUT2D eigenvalue weighted by Crippen LogP contribution is 2.46.